The summed E-state index contributed by atoms with van der Waals surface area (Å²) < 4.78 is 5.44. The quantitative estimate of drug-likeness (QED) is 0.454. The monoisotopic (exact) mass is 230 g/mol. The molecule has 1 heterocycles. The summed E-state index contributed by atoms with van der Waals surface area (Å²) >= 11 is 0. The summed E-state index contributed by atoms with van der Waals surface area (Å²) in [5.41, 5.74) is 0.955. The maximum Gasteiger partial charge on any atom is 0.112 e. The molecular weight excluding hydrogens is 212 g/mol. The van der Waals surface area contributed by atoms with E-state index >= 15 is 0 Å². The smallest absolute Gasteiger partial charge is 0.112 e. The number of aliphatic hydroxyl groups is 4. The van der Waals surface area contributed by atoms with Crippen molar-refractivity contribution in [3.05, 3.63) is 11.6 Å². The normalized spacial score (nSPS) is 44.5. The van der Waals surface area contributed by atoms with Gasteiger partial charge in [0, 0.05) is 0 Å². The lowest BCUT2D eigenvalue weighted by atomic mass is 9.91. The Kier molecular flexibility index (Phi) is 3.61. The molecule has 1 saturated heterocycles. The summed E-state index contributed by atoms with van der Waals surface area (Å²) in [6.45, 7) is -0.366. The molecule has 0 unspecified atom stereocenters. The molecule has 5 atom stereocenters. The lowest BCUT2D eigenvalue weighted by Crippen LogP contribution is -2.58. The first kappa shape index (κ1) is 12.0. The van der Waals surface area contributed by atoms with Gasteiger partial charge in [0.25, 0.3) is 0 Å². The maximum atomic E-state index is 9.82. The molecule has 0 aromatic carbocycles. The first-order chi connectivity index (χ1) is 7.65. The molecule has 92 valence electrons. The average Bonchev–Trinajstić information content (AvgIpc) is 2.80. The van der Waals surface area contributed by atoms with Gasteiger partial charge in [-0.1, -0.05) is 6.08 Å². The van der Waals surface area contributed by atoms with Crippen molar-refractivity contribution in [1.29, 1.82) is 0 Å². The van der Waals surface area contributed by atoms with Crippen LogP contribution in [-0.4, -0.2) is 57.6 Å². The van der Waals surface area contributed by atoms with Crippen LogP contribution < -0.4 is 0 Å². The van der Waals surface area contributed by atoms with Gasteiger partial charge in [0.15, 0.2) is 0 Å². The predicted molar refractivity (Wildman–Crippen MR) is 55.7 cm³/mol. The lowest BCUT2D eigenvalue weighted by molar-refractivity contribution is -0.219. The molecule has 5 nitrogen and oxygen atoms in total. The molecule has 2 aliphatic rings. The Morgan fingerprint density at radius 3 is 2.50 bits per heavy atom. The van der Waals surface area contributed by atoms with Crippen LogP contribution in [-0.2, 0) is 4.74 Å². The van der Waals surface area contributed by atoms with Gasteiger partial charge in [0.2, 0.25) is 0 Å². The zero-order chi connectivity index (χ0) is 11.7. The van der Waals surface area contributed by atoms with Crippen LogP contribution in [0.1, 0.15) is 19.3 Å². The topological polar surface area (TPSA) is 90.2 Å². The summed E-state index contributed by atoms with van der Waals surface area (Å²) in [5.74, 6) is 0. The molecule has 5 heteroatoms. The highest BCUT2D eigenvalue weighted by Crippen LogP contribution is 2.31. The molecule has 0 bridgehead atoms. The van der Waals surface area contributed by atoms with E-state index in [9.17, 15) is 15.3 Å². The van der Waals surface area contributed by atoms with E-state index < -0.39 is 30.5 Å². The second-order valence-corrected chi connectivity index (χ2v) is 4.42. The van der Waals surface area contributed by atoms with Gasteiger partial charge in [-0.2, -0.15) is 0 Å². The summed E-state index contributed by atoms with van der Waals surface area (Å²) in [6.07, 6.45) is -0.259. The minimum Gasteiger partial charge on any atom is -0.394 e. The van der Waals surface area contributed by atoms with Gasteiger partial charge in [-0.15, -0.1) is 0 Å². The Hall–Kier alpha value is -0.460. The minimum atomic E-state index is -1.27. The molecule has 0 radical (unpaired) electrons. The second kappa shape index (κ2) is 4.81. The van der Waals surface area contributed by atoms with Crippen molar-refractivity contribution in [2.75, 3.05) is 6.61 Å². The van der Waals surface area contributed by atoms with Crippen molar-refractivity contribution in [1.82, 2.24) is 0 Å². The number of hydrogen-bond donors (Lipinski definition) is 4. The highest BCUT2D eigenvalue weighted by molar-refractivity contribution is 5.17. The third-order valence-electron chi connectivity index (χ3n) is 3.33. The number of aliphatic hydroxyl groups excluding tert-OH is 4. The highest BCUT2D eigenvalue weighted by atomic mass is 16.5. The van der Waals surface area contributed by atoms with Gasteiger partial charge in [-0.05, 0) is 24.8 Å². The Labute approximate surface area is 94.0 Å². The van der Waals surface area contributed by atoms with Crippen molar-refractivity contribution in [2.24, 2.45) is 0 Å². The molecule has 0 saturated carbocycles. The van der Waals surface area contributed by atoms with Crippen LogP contribution in [0.4, 0.5) is 0 Å². The number of ether oxygens (including phenoxy) is 1. The summed E-state index contributed by atoms with van der Waals surface area (Å²) in [5, 5.41) is 38.1. The van der Waals surface area contributed by atoms with Crippen LogP contribution in [0.2, 0.25) is 0 Å². The van der Waals surface area contributed by atoms with Crippen molar-refractivity contribution < 1.29 is 25.2 Å². The number of hydrogen-bond acceptors (Lipinski definition) is 5. The Morgan fingerprint density at radius 2 is 1.94 bits per heavy atom. The molecule has 0 amide bonds. The van der Waals surface area contributed by atoms with E-state index in [1.54, 1.807) is 0 Å². The van der Waals surface area contributed by atoms with E-state index in [4.69, 9.17) is 9.84 Å². The molecule has 0 spiro atoms. The first-order valence-corrected chi connectivity index (χ1v) is 5.64. The maximum absolute atomic E-state index is 9.82. The van der Waals surface area contributed by atoms with Gasteiger partial charge in [-0.25, -0.2) is 0 Å². The Balaban J connectivity index is 2.13. The SMILES string of the molecule is OC[C@H]1O[C@@H](C2=CCCC2)[C@H](O)[C@@H](O)[C@H]1O. The zero-order valence-corrected chi connectivity index (χ0v) is 8.99. The van der Waals surface area contributed by atoms with Crippen LogP contribution in [0.25, 0.3) is 0 Å². The van der Waals surface area contributed by atoms with Gasteiger partial charge in [0.05, 0.1) is 6.61 Å². The molecule has 4 N–H and O–H groups in total. The number of allylic oxidation sites excluding steroid dienone is 1. The van der Waals surface area contributed by atoms with Crippen LogP contribution in [0.3, 0.4) is 0 Å². The largest absolute Gasteiger partial charge is 0.394 e. The summed E-state index contributed by atoms with van der Waals surface area (Å²) in [4.78, 5) is 0. The van der Waals surface area contributed by atoms with Crippen molar-refractivity contribution >= 4 is 0 Å². The van der Waals surface area contributed by atoms with Gasteiger partial charge >= 0.3 is 0 Å². The fraction of sp³-hybridized carbons (Fsp3) is 0.818. The molecule has 2 rings (SSSR count). The van der Waals surface area contributed by atoms with Gasteiger partial charge in [0.1, 0.15) is 30.5 Å². The minimum absolute atomic E-state index is 0.366. The van der Waals surface area contributed by atoms with Crippen molar-refractivity contribution in [3.63, 3.8) is 0 Å². The fourth-order valence-electron chi connectivity index (χ4n) is 2.36. The Bertz CT molecular complexity index is 276. The molecule has 1 fully saturated rings. The first-order valence-electron chi connectivity index (χ1n) is 5.64. The predicted octanol–water partition coefficient (Wildman–Crippen LogP) is -1.06. The standard InChI is InChI=1S/C11H18O5/c12-5-7-8(13)9(14)10(15)11(16-7)6-3-1-2-4-6/h3,7-15H,1-2,4-5H2/t7-,8+,9+,10-,11+/m1/s1. The lowest BCUT2D eigenvalue weighted by Gasteiger charge is -2.40. The third kappa shape index (κ3) is 2.01. The van der Waals surface area contributed by atoms with E-state index in [1.165, 1.54) is 0 Å². The average molecular weight is 230 g/mol. The highest BCUT2D eigenvalue weighted by Gasteiger charge is 2.44. The molecule has 16 heavy (non-hydrogen) atoms. The zero-order valence-electron chi connectivity index (χ0n) is 8.99. The third-order valence-corrected chi connectivity index (χ3v) is 3.33. The molecule has 0 aromatic rings. The van der Waals surface area contributed by atoms with Crippen molar-refractivity contribution in [2.45, 2.75) is 49.8 Å². The van der Waals surface area contributed by atoms with Crippen LogP contribution in [0.15, 0.2) is 11.6 Å². The molecule has 0 aromatic heterocycles. The van der Waals surface area contributed by atoms with Crippen LogP contribution >= 0.6 is 0 Å². The Morgan fingerprint density at radius 1 is 1.19 bits per heavy atom. The summed E-state index contributed by atoms with van der Waals surface area (Å²) in [6, 6.07) is 0. The summed E-state index contributed by atoms with van der Waals surface area (Å²) in [7, 11) is 0. The van der Waals surface area contributed by atoms with E-state index in [0.717, 1.165) is 24.8 Å². The van der Waals surface area contributed by atoms with E-state index in [-0.39, 0.29) is 6.61 Å². The van der Waals surface area contributed by atoms with E-state index in [1.807, 2.05) is 6.08 Å². The van der Waals surface area contributed by atoms with Crippen LogP contribution in [0.5, 0.6) is 0 Å². The molecular formula is C11H18O5. The van der Waals surface area contributed by atoms with E-state index in [2.05, 4.69) is 0 Å². The van der Waals surface area contributed by atoms with E-state index in [0.29, 0.717) is 0 Å². The van der Waals surface area contributed by atoms with Gasteiger partial charge in [-0.3, -0.25) is 0 Å². The second-order valence-electron chi connectivity index (χ2n) is 4.42. The van der Waals surface area contributed by atoms with Crippen molar-refractivity contribution in [3.8, 4) is 0 Å². The fourth-order valence-corrected chi connectivity index (χ4v) is 2.36. The molecule has 1 aliphatic heterocycles. The number of rotatable bonds is 2. The van der Waals surface area contributed by atoms with Crippen LogP contribution in [0, 0.1) is 0 Å². The van der Waals surface area contributed by atoms with Gasteiger partial charge < -0.3 is 25.2 Å². The molecule has 1 aliphatic carbocycles.